The minimum Gasteiger partial charge on any atom is -0.421 e. The van der Waals surface area contributed by atoms with Crippen LogP contribution in [0.25, 0.3) is 0 Å². The average molecular weight is 201 g/mol. The molecule has 2 heteroatoms. The quantitative estimate of drug-likeness (QED) is 0.702. The Morgan fingerprint density at radius 2 is 1.64 bits per heavy atom. The van der Waals surface area contributed by atoms with Gasteiger partial charge in [0.15, 0.2) is 0 Å². The van der Waals surface area contributed by atoms with Crippen LogP contribution in [0, 0.1) is 6.07 Å². The van der Waals surface area contributed by atoms with Crippen LogP contribution in [0.15, 0.2) is 59.5 Å². The Hall–Kier alpha value is -1.41. The van der Waals surface area contributed by atoms with Crippen molar-refractivity contribution in [3.05, 3.63) is 60.7 Å². The molecule has 0 bridgehead atoms. The molecule has 1 radical (unpaired) electrons. The molecular formula is C12H9OS. The molecule has 2 rings (SSSR count). The van der Waals surface area contributed by atoms with E-state index in [1.807, 2.05) is 54.6 Å². The van der Waals surface area contributed by atoms with Gasteiger partial charge in [-0.25, -0.2) is 0 Å². The van der Waals surface area contributed by atoms with E-state index in [0.717, 1.165) is 10.6 Å². The smallest absolute Gasteiger partial charge is 0.137 e. The fourth-order valence-electron chi connectivity index (χ4n) is 0.999. The molecule has 1 nitrogen and oxygen atoms in total. The van der Waals surface area contributed by atoms with Crippen LogP contribution < -0.4 is 4.18 Å². The normalized spacial score (nSPS) is 9.71. The van der Waals surface area contributed by atoms with E-state index in [4.69, 9.17) is 4.18 Å². The maximum Gasteiger partial charge on any atom is 0.137 e. The van der Waals surface area contributed by atoms with Gasteiger partial charge in [0, 0.05) is 4.90 Å². The highest BCUT2D eigenvalue weighted by Gasteiger charge is 1.94. The molecule has 0 saturated carbocycles. The molecule has 2 aromatic rings. The second-order valence-electron chi connectivity index (χ2n) is 2.72. The number of hydrogen-bond donors (Lipinski definition) is 0. The fraction of sp³-hybridized carbons (Fsp3) is 0. The lowest BCUT2D eigenvalue weighted by Gasteiger charge is -2.02. The molecule has 0 amide bonds. The first-order valence-electron chi connectivity index (χ1n) is 4.31. The molecule has 0 heterocycles. The summed E-state index contributed by atoms with van der Waals surface area (Å²) in [5.41, 5.74) is 0. The minimum atomic E-state index is 0.845. The molecule has 0 spiro atoms. The van der Waals surface area contributed by atoms with Gasteiger partial charge in [0.25, 0.3) is 0 Å². The molecule has 0 fully saturated rings. The molecular weight excluding hydrogens is 192 g/mol. The monoisotopic (exact) mass is 201 g/mol. The summed E-state index contributed by atoms with van der Waals surface area (Å²) in [6, 6.07) is 20.4. The van der Waals surface area contributed by atoms with Gasteiger partial charge in [-0.2, -0.15) is 0 Å². The second-order valence-corrected chi connectivity index (χ2v) is 3.52. The van der Waals surface area contributed by atoms with Crippen LogP contribution in [0.3, 0.4) is 0 Å². The van der Waals surface area contributed by atoms with Crippen LogP contribution in [0.1, 0.15) is 0 Å². The predicted molar refractivity (Wildman–Crippen MR) is 58.2 cm³/mol. The summed E-state index contributed by atoms with van der Waals surface area (Å²) >= 11 is 1.36. The first-order chi connectivity index (χ1) is 6.95. The molecule has 0 unspecified atom stereocenters. The van der Waals surface area contributed by atoms with Crippen molar-refractivity contribution in [2.24, 2.45) is 0 Å². The third-order valence-corrected chi connectivity index (χ3v) is 2.41. The average Bonchev–Trinajstić information content (AvgIpc) is 2.29. The van der Waals surface area contributed by atoms with Crippen LogP contribution in [0.2, 0.25) is 0 Å². The van der Waals surface area contributed by atoms with Gasteiger partial charge >= 0.3 is 0 Å². The SMILES string of the molecule is [c]1ccc(OSc2ccccc2)cc1. The lowest BCUT2D eigenvalue weighted by molar-refractivity contribution is 0.646. The highest BCUT2D eigenvalue weighted by Crippen LogP contribution is 2.22. The van der Waals surface area contributed by atoms with Gasteiger partial charge in [-0.3, -0.25) is 0 Å². The Morgan fingerprint density at radius 3 is 2.36 bits per heavy atom. The zero-order valence-electron chi connectivity index (χ0n) is 7.51. The third kappa shape index (κ3) is 2.54. The molecule has 0 N–H and O–H groups in total. The largest absolute Gasteiger partial charge is 0.421 e. The van der Waals surface area contributed by atoms with Gasteiger partial charge in [-0.1, -0.05) is 30.3 Å². The van der Waals surface area contributed by atoms with Crippen molar-refractivity contribution in [2.45, 2.75) is 4.90 Å². The predicted octanol–water partition coefficient (Wildman–Crippen LogP) is 3.57. The standard InChI is InChI=1S/C12H9OS/c1-3-7-11(8-4-1)13-14-12-9-5-2-6-10-12/h2-10H. The third-order valence-electron chi connectivity index (χ3n) is 1.66. The lowest BCUT2D eigenvalue weighted by Crippen LogP contribution is -1.80. The Balaban J connectivity index is 1.96. The Labute approximate surface area is 87.9 Å². The summed E-state index contributed by atoms with van der Waals surface area (Å²) in [7, 11) is 0. The van der Waals surface area contributed by atoms with Crippen LogP contribution in [-0.4, -0.2) is 0 Å². The van der Waals surface area contributed by atoms with Crippen LogP contribution >= 0.6 is 12.0 Å². The van der Waals surface area contributed by atoms with Crippen molar-refractivity contribution in [1.82, 2.24) is 0 Å². The van der Waals surface area contributed by atoms with E-state index in [0.29, 0.717) is 0 Å². The van der Waals surface area contributed by atoms with Crippen LogP contribution in [0.5, 0.6) is 5.75 Å². The Kier molecular flexibility index (Phi) is 3.09. The molecule has 69 valence electrons. The Morgan fingerprint density at radius 1 is 0.929 bits per heavy atom. The highest BCUT2D eigenvalue weighted by atomic mass is 32.2. The molecule has 2 aromatic carbocycles. The van der Waals surface area contributed by atoms with E-state index in [2.05, 4.69) is 6.07 Å². The van der Waals surface area contributed by atoms with Crippen LogP contribution in [-0.2, 0) is 0 Å². The van der Waals surface area contributed by atoms with Crippen molar-refractivity contribution in [3.63, 3.8) is 0 Å². The molecule has 14 heavy (non-hydrogen) atoms. The summed E-state index contributed by atoms with van der Waals surface area (Å²) in [5, 5.41) is 0. The summed E-state index contributed by atoms with van der Waals surface area (Å²) < 4.78 is 5.49. The van der Waals surface area contributed by atoms with Gasteiger partial charge in [-0.05, 0) is 30.3 Å². The van der Waals surface area contributed by atoms with Crippen molar-refractivity contribution in [2.75, 3.05) is 0 Å². The summed E-state index contributed by atoms with van der Waals surface area (Å²) in [6.45, 7) is 0. The number of hydrogen-bond acceptors (Lipinski definition) is 2. The maximum atomic E-state index is 5.49. The maximum absolute atomic E-state index is 5.49. The van der Waals surface area contributed by atoms with Crippen molar-refractivity contribution in [3.8, 4) is 5.75 Å². The van der Waals surface area contributed by atoms with E-state index in [-0.39, 0.29) is 0 Å². The lowest BCUT2D eigenvalue weighted by atomic mass is 10.3. The van der Waals surface area contributed by atoms with Gasteiger partial charge in [0.2, 0.25) is 0 Å². The molecule has 0 aliphatic heterocycles. The zero-order chi connectivity index (χ0) is 9.64. The minimum absolute atomic E-state index is 0.845. The fourth-order valence-corrected chi connectivity index (χ4v) is 1.57. The summed E-state index contributed by atoms with van der Waals surface area (Å²) in [6.07, 6.45) is 0. The van der Waals surface area contributed by atoms with Gasteiger partial charge in [0.1, 0.15) is 5.75 Å². The molecule has 0 aromatic heterocycles. The molecule has 0 atom stereocenters. The Bertz CT molecular complexity index is 333. The summed E-state index contributed by atoms with van der Waals surface area (Å²) in [4.78, 5) is 1.10. The molecule has 0 aliphatic carbocycles. The van der Waals surface area contributed by atoms with E-state index >= 15 is 0 Å². The van der Waals surface area contributed by atoms with Gasteiger partial charge in [-0.15, -0.1) is 0 Å². The molecule has 0 aliphatic rings. The summed E-state index contributed by atoms with van der Waals surface area (Å²) in [5.74, 6) is 0.845. The van der Waals surface area contributed by atoms with Crippen molar-refractivity contribution in [1.29, 1.82) is 0 Å². The van der Waals surface area contributed by atoms with E-state index in [1.54, 1.807) is 0 Å². The van der Waals surface area contributed by atoms with E-state index in [9.17, 15) is 0 Å². The highest BCUT2D eigenvalue weighted by molar-refractivity contribution is 7.95. The number of benzene rings is 2. The van der Waals surface area contributed by atoms with E-state index in [1.165, 1.54) is 12.0 Å². The second kappa shape index (κ2) is 4.72. The number of rotatable bonds is 3. The first kappa shape index (κ1) is 9.16. The van der Waals surface area contributed by atoms with E-state index < -0.39 is 0 Å². The van der Waals surface area contributed by atoms with Gasteiger partial charge < -0.3 is 4.18 Å². The van der Waals surface area contributed by atoms with Crippen LogP contribution in [0.4, 0.5) is 0 Å². The van der Waals surface area contributed by atoms with Crippen molar-refractivity contribution >= 4 is 12.0 Å². The first-order valence-corrected chi connectivity index (χ1v) is 5.05. The topological polar surface area (TPSA) is 9.23 Å². The zero-order valence-corrected chi connectivity index (χ0v) is 8.33. The van der Waals surface area contributed by atoms with Gasteiger partial charge in [0.05, 0.1) is 12.0 Å². The van der Waals surface area contributed by atoms with Crippen molar-refractivity contribution < 1.29 is 4.18 Å². The molecule has 0 saturated heterocycles.